The highest BCUT2D eigenvalue weighted by Crippen LogP contribution is 2.04. The summed E-state index contributed by atoms with van der Waals surface area (Å²) in [5.41, 5.74) is 0. The molecule has 0 aromatic rings. The van der Waals surface area contributed by atoms with Crippen LogP contribution < -0.4 is 5.32 Å². The molecule has 2 heteroatoms. The minimum atomic E-state index is -0.706. The average molecular weight is 147 g/mol. The lowest BCUT2D eigenvalue weighted by Crippen LogP contribution is -2.32. The van der Waals surface area contributed by atoms with E-state index < -0.39 is 6.17 Å². The molecule has 0 saturated heterocycles. The molecule has 0 aliphatic rings. The van der Waals surface area contributed by atoms with Crippen LogP contribution in [0, 0.1) is 5.92 Å². The Morgan fingerprint density at radius 1 is 1.20 bits per heavy atom. The van der Waals surface area contributed by atoms with Crippen LogP contribution >= 0.6 is 0 Å². The van der Waals surface area contributed by atoms with Crippen LogP contribution in [0.5, 0.6) is 0 Å². The van der Waals surface area contributed by atoms with Crippen LogP contribution in [0.1, 0.15) is 27.7 Å². The minimum Gasteiger partial charge on any atom is -0.312 e. The van der Waals surface area contributed by atoms with E-state index in [1.54, 1.807) is 0 Å². The van der Waals surface area contributed by atoms with Crippen LogP contribution in [0.2, 0.25) is 0 Å². The Kier molecular flexibility index (Phi) is 4.62. The number of halogens is 1. The van der Waals surface area contributed by atoms with Crippen LogP contribution in [0.4, 0.5) is 4.39 Å². The molecule has 0 aliphatic carbocycles. The summed E-state index contributed by atoms with van der Waals surface area (Å²) in [5.74, 6) is 0.131. The maximum Gasteiger partial charge on any atom is 0.115 e. The highest BCUT2D eigenvalue weighted by Gasteiger charge is 2.10. The molecule has 10 heavy (non-hydrogen) atoms. The molecule has 0 heterocycles. The maximum atomic E-state index is 12.8. The van der Waals surface area contributed by atoms with Crippen LogP contribution in [-0.2, 0) is 0 Å². The van der Waals surface area contributed by atoms with E-state index in [9.17, 15) is 4.39 Å². The van der Waals surface area contributed by atoms with Crippen molar-refractivity contribution in [3.8, 4) is 0 Å². The van der Waals surface area contributed by atoms with Crippen LogP contribution in [0.3, 0.4) is 0 Å². The first-order valence-corrected chi connectivity index (χ1v) is 3.91. The number of nitrogens with one attached hydrogen (secondary N) is 1. The molecule has 1 unspecified atom stereocenters. The Labute approximate surface area is 63.0 Å². The van der Waals surface area contributed by atoms with Crippen molar-refractivity contribution in [1.29, 1.82) is 0 Å². The van der Waals surface area contributed by atoms with Gasteiger partial charge in [-0.2, -0.15) is 0 Å². The standard InChI is InChI=1S/C8H18FN/c1-6(2)8(9)5-10-7(3)4/h6-8,10H,5H2,1-4H3. The monoisotopic (exact) mass is 147 g/mol. The quantitative estimate of drug-likeness (QED) is 0.641. The van der Waals surface area contributed by atoms with Crippen LogP contribution in [0.15, 0.2) is 0 Å². The van der Waals surface area contributed by atoms with Gasteiger partial charge in [-0.25, -0.2) is 4.39 Å². The second kappa shape index (κ2) is 4.67. The third kappa shape index (κ3) is 4.74. The van der Waals surface area contributed by atoms with Gasteiger partial charge in [-0.15, -0.1) is 0 Å². The molecule has 0 radical (unpaired) electrons. The second-order valence-electron chi connectivity index (χ2n) is 3.32. The Morgan fingerprint density at radius 2 is 1.70 bits per heavy atom. The largest absolute Gasteiger partial charge is 0.312 e. The Morgan fingerprint density at radius 3 is 2.00 bits per heavy atom. The van der Waals surface area contributed by atoms with Gasteiger partial charge >= 0.3 is 0 Å². The van der Waals surface area contributed by atoms with E-state index in [1.807, 2.05) is 27.7 Å². The van der Waals surface area contributed by atoms with Crippen molar-refractivity contribution in [2.24, 2.45) is 5.92 Å². The molecule has 0 spiro atoms. The van der Waals surface area contributed by atoms with Gasteiger partial charge in [0, 0.05) is 12.6 Å². The zero-order chi connectivity index (χ0) is 8.15. The van der Waals surface area contributed by atoms with Gasteiger partial charge in [0.05, 0.1) is 0 Å². The highest BCUT2D eigenvalue weighted by molar-refractivity contribution is 4.65. The number of hydrogen-bond acceptors (Lipinski definition) is 1. The Balaban J connectivity index is 3.30. The average Bonchev–Trinajstić information content (AvgIpc) is 1.82. The molecular formula is C8H18FN. The van der Waals surface area contributed by atoms with Crippen molar-refractivity contribution in [2.45, 2.75) is 39.9 Å². The number of rotatable bonds is 4. The van der Waals surface area contributed by atoms with Gasteiger partial charge in [-0.1, -0.05) is 27.7 Å². The molecule has 0 aliphatic heterocycles. The van der Waals surface area contributed by atoms with Gasteiger partial charge in [0.1, 0.15) is 6.17 Å². The van der Waals surface area contributed by atoms with Crippen molar-refractivity contribution in [1.82, 2.24) is 5.32 Å². The van der Waals surface area contributed by atoms with E-state index in [4.69, 9.17) is 0 Å². The molecule has 0 aromatic heterocycles. The third-order valence-electron chi connectivity index (χ3n) is 1.44. The minimum absolute atomic E-state index is 0.131. The second-order valence-corrected chi connectivity index (χ2v) is 3.32. The smallest absolute Gasteiger partial charge is 0.115 e. The summed E-state index contributed by atoms with van der Waals surface area (Å²) in [6.45, 7) is 8.31. The molecule has 0 fully saturated rings. The zero-order valence-electron chi connectivity index (χ0n) is 7.32. The molecular weight excluding hydrogens is 129 g/mol. The normalized spacial score (nSPS) is 14.7. The summed E-state index contributed by atoms with van der Waals surface area (Å²) in [7, 11) is 0. The van der Waals surface area contributed by atoms with Gasteiger partial charge in [0.2, 0.25) is 0 Å². The molecule has 0 saturated carbocycles. The Bertz CT molecular complexity index is 81.3. The molecule has 62 valence electrons. The van der Waals surface area contributed by atoms with Gasteiger partial charge in [0.25, 0.3) is 0 Å². The molecule has 1 N–H and O–H groups in total. The first-order valence-electron chi connectivity index (χ1n) is 3.91. The van der Waals surface area contributed by atoms with E-state index in [2.05, 4.69) is 5.32 Å². The molecule has 1 atom stereocenters. The summed E-state index contributed by atoms with van der Waals surface area (Å²) in [6, 6.07) is 0.386. The predicted molar refractivity (Wildman–Crippen MR) is 42.9 cm³/mol. The first-order chi connectivity index (χ1) is 4.54. The van der Waals surface area contributed by atoms with E-state index in [0.29, 0.717) is 12.6 Å². The summed E-state index contributed by atoms with van der Waals surface area (Å²) in [6.07, 6.45) is -0.706. The first kappa shape index (κ1) is 9.89. The maximum absolute atomic E-state index is 12.8. The van der Waals surface area contributed by atoms with E-state index in [-0.39, 0.29) is 5.92 Å². The van der Waals surface area contributed by atoms with Gasteiger partial charge in [-0.05, 0) is 5.92 Å². The van der Waals surface area contributed by atoms with Crippen molar-refractivity contribution in [3.63, 3.8) is 0 Å². The SMILES string of the molecule is CC(C)NCC(F)C(C)C. The zero-order valence-corrected chi connectivity index (χ0v) is 7.32. The van der Waals surface area contributed by atoms with Gasteiger partial charge in [0.15, 0.2) is 0 Å². The van der Waals surface area contributed by atoms with Crippen molar-refractivity contribution in [2.75, 3.05) is 6.54 Å². The summed E-state index contributed by atoms with van der Waals surface area (Å²) in [4.78, 5) is 0. The van der Waals surface area contributed by atoms with Gasteiger partial charge < -0.3 is 5.32 Å². The number of hydrogen-bond donors (Lipinski definition) is 1. The number of alkyl halides is 1. The molecule has 1 nitrogen and oxygen atoms in total. The molecule has 0 amide bonds. The lowest BCUT2D eigenvalue weighted by atomic mass is 10.1. The molecule has 0 rings (SSSR count). The van der Waals surface area contributed by atoms with Crippen molar-refractivity contribution >= 4 is 0 Å². The lowest BCUT2D eigenvalue weighted by molar-refractivity contribution is 0.242. The van der Waals surface area contributed by atoms with E-state index in [0.717, 1.165) is 0 Å². The molecule has 0 aromatic carbocycles. The third-order valence-corrected chi connectivity index (χ3v) is 1.44. The van der Waals surface area contributed by atoms with E-state index in [1.165, 1.54) is 0 Å². The fourth-order valence-electron chi connectivity index (χ4n) is 0.584. The predicted octanol–water partition coefficient (Wildman–Crippen LogP) is 1.98. The van der Waals surface area contributed by atoms with Crippen molar-refractivity contribution < 1.29 is 4.39 Å². The Hall–Kier alpha value is -0.110. The van der Waals surface area contributed by atoms with E-state index >= 15 is 0 Å². The summed E-state index contributed by atoms with van der Waals surface area (Å²) < 4.78 is 12.8. The highest BCUT2D eigenvalue weighted by atomic mass is 19.1. The fraction of sp³-hybridized carbons (Fsp3) is 1.00. The molecule has 0 bridgehead atoms. The van der Waals surface area contributed by atoms with Crippen molar-refractivity contribution in [3.05, 3.63) is 0 Å². The van der Waals surface area contributed by atoms with Gasteiger partial charge in [-0.3, -0.25) is 0 Å². The van der Waals surface area contributed by atoms with Crippen LogP contribution in [-0.4, -0.2) is 18.8 Å². The summed E-state index contributed by atoms with van der Waals surface area (Å²) >= 11 is 0. The van der Waals surface area contributed by atoms with Crippen LogP contribution in [0.25, 0.3) is 0 Å². The fourth-order valence-corrected chi connectivity index (χ4v) is 0.584. The lowest BCUT2D eigenvalue weighted by Gasteiger charge is -2.14. The topological polar surface area (TPSA) is 12.0 Å². The summed E-state index contributed by atoms with van der Waals surface area (Å²) in [5, 5.41) is 3.05.